The minimum atomic E-state index is 0.568. The van der Waals surface area contributed by atoms with Crippen LogP contribution in [0.3, 0.4) is 0 Å². The van der Waals surface area contributed by atoms with E-state index in [1.165, 1.54) is 0 Å². The highest BCUT2D eigenvalue weighted by Gasteiger charge is 1.95. The van der Waals surface area contributed by atoms with E-state index in [1.54, 1.807) is 6.08 Å². The molecule has 62 valence electrons. The molecule has 0 fully saturated rings. The molecule has 0 aromatic rings. The molecule has 0 saturated heterocycles. The fourth-order valence-corrected chi connectivity index (χ4v) is 0.618. The smallest absolute Gasteiger partial charge is 0.0717 e. The molecule has 0 aliphatic rings. The van der Waals surface area contributed by atoms with E-state index in [4.69, 9.17) is 4.74 Å². The Morgan fingerprint density at radius 3 is 2.45 bits per heavy atom. The molecule has 0 unspecified atom stereocenters. The first kappa shape index (κ1) is 10.2. The molecule has 0 bridgehead atoms. The zero-order chi connectivity index (χ0) is 8.69. The zero-order valence-corrected chi connectivity index (χ0v) is 7.23. The fourth-order valence-electron chi connectivity index (χ4n) is 0.618. The Bertz CT molecular complexity index is 156. The Kier molecular flexibility index (Phi) is 5.49. The van der Waals surface area contributed by atoms with Crippen LogP contribution in [0.15, 0.2) is 37.0 Å². The summed E-state index contributed by atoms with van der Waals surface area (Å²) in [5, 5.41) is 0. The fraction of sp³-hybridized carbons (Fsp3) is 0.400. The maximum absolute atomic E-state index is 5.19. The summed E-state index contributed by atoms with van der Waals surface area (Å²) in [4.78, 5) is 0. The van der Waals surface area contributed by atoms with Gasteiger partial charge in [0.2, 0.25) is 0 Å². The van der Waals surface area contributed by atoms with Crippen LogP contribution in [-0.2, 0) is 4.74 Å². The molecular formula is C10H16O. The Morgan fingerprint density at radius 2 is 2.00 bits per heavy atom. The van der Waals surface area contributed by atoms with Crippen LogP contribution in [0.25, 0.3) is 0 Å². The van der Waals surface area contributed by atoms with Crippen LogP contribution in [-0.4, -0.2) is 13.2 Å². The average Bonchev–Trinajstić information content (AvgIpc) is 2.03. The Morgan fingerprint density at radius 1 is 1.36 bits per heavy atom. The van der Waals surface area contributed by atoms with Crippen molar-refractivity contribution in [2.75, 3.05) is 13.2 Å². The van der Waals surface area contributed by atoms with Gasteiger partial charge in [0.25, 0.3) is 0 Å². The third kappa shape index (κ3) is 4.57. The van der Waals surface area contributed by atoms with Crippen molar-refractivity contribution in [2.45, 2.75) is 13.3 Å². The van der Waals surface area contributed by atoms with Gasteiger partial charge in [-0.15, -0.1) is 6.58 Å². The lowest BCUT2D eigenvalue weighted by Crippen LogP contribution is -1.98. The largest absolute Gasteiger partial charge is 0.373 e. The normalized spacial score (nSPS) is 9.18. The summed E-state index contributed by atoms with van der Waals surface area (Å²) in [7, 11) is 0. The number of hydrogen-bond acceptors (Lipinski definition) is 1. The molecule has 0 rings (SSSR count). The molecule has 0 atom stereocenters. The minimum absolute atomic E-state index is 0.568. The number of rotatable bonds is 6. The van der Waals surface area contributed by atoms with E-state index < -0.39 is 0 Å². The number of hydrogen-bond donors (Lipinski definition) is 0. The lowest BCUT2D eigenvalue weighted by molar-refractivity contribution is 0.188. The first-order chi connectivity index (χ1) is 5.22. The van der Waals surface area contributed by atoms with E-state index in [0.717, 1.165) is 17.6 Å². The van der Waals surface area contributed by atoms with Gasteiger partial charge in [-0.1, -0.05) is 31.7 Å². The second-order valence-corrected chi connectivity index (χ2v) is 2.36. The second-order valence-electron chi connectivity index (χ2n) is 2.36. The average molecular weight is 152 g/mol. The summed E-state index contributed by atoms with van der Waals surface area (Å²) in [5.41, 5.74) is 2.04. The van der Waals surface area contributed by atoms with Gasteiger partial charge in [-0.3, -0.25) is 0 Å². The summed E-state index contributed by atoms with van der Waals surface area (Å²) in [6.07, 6.45) is 2.66. The maximum atomic E-state index is 5.19. The van der Waals surface area contributed by atoms with Gasteiger partial charge < -0.3 is 4.74 Å². The summed E-state index contributed by atoms with van der Waals surface area (Å²) in [6, 6.07) is 0. The lowest BCUT2D eigenvalue weighted by Gasteiger charge is -2.05. The van der Waals surface area contributed by atoms with Crippen molar-refractivity contribution in [1.29, 1.82) is 0 Å². The molecule has 0 aliphatic carbocycles. The van der Waals surface area contributed by atoms with E-state index in [2.05, 4.69) is 26.7 Å². The Hall–Kier alpha value is -0.820. The summed E-state index contributed by atoms with van der Waals surface area (Å²) >= 11 is 0. The van der Waals surface area contributed by atoms with Crippen LogP contribution >= 0.6 is 0 Å². The van der Waals surface area contributed by atoms with Crippen molar-refractivity contribution >= 4 is 0 Å². The standard InChI is InChI=1S/C10H16O/c1-5-7-11-8-10(4)9(3)6-2/h5H,1,3-4,6-8H2,2H3. The molecule has 0 aromatic carbocycles. The molecule has 1 heteroatoms. The second kappa shape index (κ2) is 5.93. The molecular weight excluding hydrogens is 136 g/mol. The third-order valence-corrected chi connectivity index (χ3v) is 1.44. The third-order valence-electron chi connectivity index (χ3n) is 1.44. The molecule has 0 N–H and O–H groups in total. The van der Waals surface area contributed by atoms with Gasteiger partial charge in [-0.25, -0.2) is 0 Å². The van der Waals surface area contributed by atoms with Crippen molar-refractivity contribution in [1.82, 2.24) is 0 Å². The maximum Gasteiger partial charge on any atom is 0.0717 e. The van der Waals surface area contributed by atoms with Crippen molar-refractivity contribution in [3.63, 3.8) is 0 Å². The van der Waals surface area contributed by atoms with Crippen LogP contribution in [0, 0.1) is 0 Å². The predicted molar refractivity (Wildman–Crippen MR) is 49.6 cm³/mol. The Labute approximate surface area is 69.1 Å². The zero-order valence-electron chi connectivity index (χ0n) is 7.23. The van der Waals surface area contributed by atoms with Gasteiger partial charge in [0.15, 0.2) is 0 Å². The van der Waals surface area contributed by atoms with Crippen molar-refractivity contribution in [3.05, 3.63) is 37.0 Å². The van der Waals surface area contributed by atoms with Crippen molar-refractivity contribution < 1.29 is 4.74 Å². The summed E-state index contributed by atoms with van der Waals surface area (Å²) < 4.78 is 5.19. The predicted octanol–water partition coefficient (Wildman–Crippen LogP) is 2.71. The van der Waals surface area contributed by atoms with Crippen LogP contribution in [0.2, 0.25) is 0 Å². The summed E-state index contributed by atoms with van der Waals surface area (Å²) in [5.74, 6) is 0. The molecule has 0 aromatic heterocycles. The van der Waals surface area contributed by atoms with Gasteiger partial charge in [0.1, 0.15) is 0 Å². The molecule has 0 amide bonds. The van der Waals surface area contributed by atoms with Crippen LogP contribution in [0.1, 0.15) is 13.3 Å². The van der Waals surface area contributed by atoms with Crippen LogP contribution in [0.4, 0.5) is 0 Å². The van der Waals surface area contributed by atoms with E-state index in [0.29, 0.717) is 13.2 Å². The molecule has 11 heavy (non-hydrogen) atoms. The van der Waals surface area contributed by atoms with Gasteiger partial charge in [-0.2, -0.15) is 0 Å². The minimum Gasteiger partial charge on any atom is -0.373 e. The topological polar surface area (TPSA) is 9.23 Å². The highest BCUT2D eigenvalue weighted by Crippen LogP contribution is 2.08. The van der Waals surface area contributed by atoms with Crippen LogP contribution < -0.4 is 0 Å². The molecule has 0 radical (unpaired) electrons. The first-order valence-corrected chi connectivity index (χ1v) is 3.77. The van der Waals surface area contributed by atoms with Gasteiger partial charge in [-0.05, 0) is 12.0 Å². The van der Waals surface area contributed by atoms with Gasteiger partial charge in [0, 0.05) is 0 Å². The van der Waals surface area contributed by atoms with Gasteiger partial charge >= 0.3 is 0 Å². The first-order valence-electron chi connectivity index (χ1n) is 3.77. The highest BCUT2D eigenvalue weighted by molar-refractivity contribution is 5.24. The van der Waals surface area contributed by atoms with E-state index in [-0.39, 0.29) is 0 Å². The van der Waals surface area contributed by atoms with E-state index in [9.17, 15) is 0 Å². The van der Waals surface area contributed by atoms with Crippen molar-refractivity contribution in [2.24, 2.45) is 0 Å². The summed E-state index contributed by atoms with van der Waals surface area (Å²) in [6.45, 7) is 14.4. The van der Waals surface area contributed by atoms with Gasteiger partial charge in [0.05, 0.1) is 13.2 Å². The molecule has 0 heterocycles. The van der Waals surface area contributed by atoms with E-state index >= 15 is 0 Å². The van der Waals surface area contributed by atoms with E-state index in [1.807, 2.05) is 0 Å². The molecule has 1 nitrogen and oxygen atoms in total. The molecule has 0 saturated carbocycles. The molecule has 0 aliphatic heterocycles. The van der Waals surface area contributed by atoms with Crippen molar-refractivity contribution in [3.8, 4) is 0 Å². The number of ether oxygens (including phenoxy) is 1. The Balaban J connectivity index is 3.52. The van der Waals surface area contributed by atoms with Crippen LogP contribution in [0.5, 0.6) is 0 Å². The highest BCUT2D eigenvalue weighted by atomic mass is 16.5. The monoisotopic (exact) mass is 152 g/mol. The SMILES string of the molecule is C=CCOCC(=C)C(=C)CC. The quantitative estimate of drug-likeness (QED) is 0.323. The molecule has 0 spiro atoms. The lowest BCUT2D eigenvalue weighted by atomic mass is 10.1.